The van der Waals surface area contributed by atoms with Crippen molar-refractivity contribution in [2.75, 3.05) is 0 Å². The number of carbonyl (C=O) groups is 1. The molecule has 2 saturated carbocycles. The highest BCUT2D eigenvalue weighted by Crippen LogP contribution is 2.46. The van der Waals surface area contributed by atoms with Gasteiger partial charge in [0.05, 0.1) is 0 Å². The summed E-state index contributed by atoms with van der Waals surface area (Å²) in [5, 5.41) is 5.76. The second-order valence-electron chi connectivity index (χ2n) is 5.89. The molecule has 0 bridgehead atoms. The van der Waals surface area contributed by atoms with Crippen LogP contribution in [-0.4, -0.2) is 23.7 Å². The topological polar surface area (TPSA) is 63.2 Å². The molecule has 2 amide bonds. The first-order valence-corrected chi connectivity index (χ1v) is 7.56. The summed E-state index contributed by atoms with van der Waals surface area (Å²) in [5.74, 6) is 1.28. The molecule has 1 aromatic heterocycles. The number of carbonyl (C=O) groups excluding carboxylic acids is 1. The lowest BCUT2D eigenvalue weighted by Crippen LogP contribution is -2.45. The maximum atomic E-state index is 12.1. The van der Waals surface area contributed by atoms with Crippen molar-refractivity contribution in [2.24, 2.45) is 11.8 Å². The Morgan fingerprint density at radius 2 is 2.18 bits per heavy atom. The fourth-order valence-corrected chi connectivity index (χ4v) is 3.39. The zero-order valence-corrected chi connectivity index (χ0v) is 12.1. The van der Waals surface area contributed by atoms with Gasteiger partial charge in [-0.3, -0.25) is 0 Å². The molecule has 2 N–H and O–H groups in total. The number of aromatic nitrogens is 1. The van der Waals surface area contributed by atoms with E-state index in [4.69, 9.17) is 0 Å². The average Bonchev–Trinajstić information content (AvgIpc) is 2.70. The summed E-state index contributed by atoms with van der Waals surface area (Å²) in [6, 6.07) is 3.10. The van der Waals surface area contributed by atoms with E-state index in [9.17, 15) is 13.6 Å². The summed E-state index contributed by atoms with van der Waals surface area (Å²) >= 11 is 0. The number of amides is 2. The van der Waals surface area contributed by atoms with Gasteiger partial charge in [-0.2, -0.15) is 8.78 Å². The second kappa shape index (κ2) is 6.46. The van der Waals surface area contributed by atoms with E-state index in [1.54, 1.807) is 6.07 Å². The van der Waals surface area contributed by atoms with Crippen LogP contribution < -0.4 is 15.4 Å². The predicted molar refractivity (Wildman–Crippen MR) is 75.5 cm³/mol. The van der Waals surface area contributed by atoms with Crippen molar-refractivity contribution in [3.63, 3.8) is 0 Å². The molecule has 0 radical (unpaired) electrons. The molecule has 0 saturated heterocycles. The van der Waals surface area contributed by atoms with Gasteiger partial charge >= 0.3 is 12.6 Å². The Kier molecular flexibility index (Phi) is 4.40. The van der Waals surface area contributed by atoms with Gasteiger partial charge in [0.1, 0.15) is 0 Å². The van der Waals surface area contributed by atoms with Gasteiger partial charge in [0.25, 0.3) is 0 Å². The van der Waals surface area contributed by atoms with Crippen molar-refractivity contribution >= 4 is 6.03 Å². The minimum absolute atomic E-state index is 0.150. The monoisotopic (exact) mass is 311 g/mol. The zero-order valence-electron chi connectivity index (χ0n) is 12.1. The normalized spacial score (nSPS) is 26.2. The Hall–Kier alpha value is -1.92. The first kappa shape index (κ1) is 15.0. The standard InChI is InChI=1S/C15H19F2N3O2/c16-14(17)22-13-7-9(5-6-18-13)8-19-15(21)20-12-4-2-10-1-3-11(10)12/h5-7,10-12,14H,1-4,8H2,(H2,19,20,21)/t10-,11-,12?/m0/s1. The largest absolute Gasteiger partial charge is 0.417 e. The highest BCUT2D eigenvalue weighted by molar-refractivity contribution is 5.74. The Morgan fingerprint density at radius 1 is 1.36 bits per heavy atom. The maximum Gasteiger partial charge on any atom is 0.388 e. The predicted octanol–water partition coefficient (Wildman–Crippen LogP) is 2.67. The number of urea groups is 1. The molecule has 22 heavy (non-hydrogen) atoms. The van der Waals surface area contributed by atoms with Crippen molar-refractivity contribution in [2.45, 2.75) is 44.9 Å². The molecule has 0 aliphatic heterocycles. The van der Waals surface area contributed by atoms with Crippen LogP contribution in [0.1, 0.15) is 31.2 Å². The van der Waals surface area contributed by atoms with E-state index in [2.05, 4.69) is 20.4 Å². The summed E-state index contributed by atoms with van der Waals surface area (Å²) in [7, 11) is 0. The molecule has 120 valence electrons. The first-order valence-electron chi connectivity index (χ1n) is 7.56. The van der Waals surface area contributed by atoms with Crippen LogP contribution in [0, 0.1) is 11.8 Å². The number of alkyl halides is 2. The van der Waals surface area contributed by atoms with Gasteiger partial charge in [0.15, 0.2) is 0 Å². The van der Waals surface area contributed by atoms with Crippen molar-refractivity contribution in [1.29, 1.82) is 0 Å². The molecular weight excluding hydrogens is 292 g/mol. The highest BCUT2D eigenvalue weighted by atomic mass is 19.3. The maximum absolute atomic E-state index is 12.1. The molecule has 1 unspecified atom stereocenters. The van der Waals surface area contributed by atoms with Crippen LogP contribution in [0.2, 0.25) is 0 Å². The average molecular weight is 311 g/mol. The van der Waals surface area contributed by atoms with E-state index in [-0.39, 0.29) is 24.5 Å². The molecule has 0 aromatic carbocycles. The van der Waals surface area contributed by atoms with Crippen molar-refractivity contribution in [1.82, 2.24) is 15.6 Å². The highest BCUT2D eigenvalue weighted by Gasteiger charge is 2.42. The number of ether oxygens (including phenoxy) is 1. The SMILES string of the molecule is O=C(NCc1ccnc(OC(F)F)c1)NC1CC[C@@H]2CC[C@H]12. The van der Waals surface area contributed by atoms with Crippen LogP contribution in [0.25, 0.3) is 0 Å². The molecule has 0 spiro atoms. The first-order chi connectivity index (χ1) is 10.6. The molecule has 2 fully saturated rings. The lowest BCUT2D eigenvalue weighted by Gasteiger charge is -2.34. The number of hydrogen-bond donors (Lipinski definition) is 2. The Labute approximate surface area is 127 Å². The molecule has 2 aliphatic carbocycles. The van der Waals surface area contributed by atoms with Gasteiger partial charge in [-0.25, -0.2) is 9.78 Å². The lowest BCUT2D eigenvalue weighted by molar-refractivity contribution is -0.0529. The lowest BCUT2D eigenvalue weighted by atomic mass is 9.75. The quantitative estimate of drug-likeness (QED) is 0.879. The smallest absolute Gasteiger partial charge is 0.388 e. The van der Waals surface area contributed by atoms with Crippen LogP contribution in [-0.2, 0) is 6.54 Å². The van der Waals surface area contributed by atoms with Crippen molar-refractivity contribution < 1.29 is 18.3 Å². The summed E-state index contributed by atoms with van der Waals surface area (Å²) < 4.78 is 28.5. The summed E-state index contributed by atoms with van der Waals surface area (Å²) in [4.78, 5) is 15.6. The third kappa shape index (κ3) is 3.45. The van der Waals surface area contributed by atoms with Crippen LogP contribution in [0.4, 0.5) is 13.6 Å². The Balaban J connectivity index is 1.46. The Morgan fingerprint density at radius 3 is 2.86 bits per heavy atom. The van der Waals surface area contributed by atoms with Gasteiger partial charge in [-0.05, 0) is 49.1 Å². The molecule has 3 atom stereocenters. The number of nitrogens with zero attached hydrogens (tertiary/aromatic N) is 1. The van der Waals surface area contributed by atoms with Crippen molar-refractivity contribution in [3.8, 4) is 5.88 Å². The molecule has 5 nitrogen and oxygen atoms in total. The fraction of sp³-hybridized carbons (Fsp3) is 0.600. The van der Waals surface area contributed by atoms with E-state index in [1.165, 1.54) is 31.5 Å². The third-order valence-electron chi connectivity index (χ3n) is 4.62. The molecule has 2 aliphatic rings. The number of pyridine rings is 1. The number of halogens is 2. The Bertz CT molecular complexity index is 541. The van der Waals surface area contributed by atoms with Gasteiger partial charge in [0.2, 0.25) is 5.88 Å². The van der Waals surface area contributed by atoms with Gasteiger partial charge in [0, 0.05) is 24.8 Å². The minimum atomic E-state index is -2.91. The van der Waals surface area contributed by atoms with Crippen LogP contribution in [0.15, 0.2) is 18.3 Å². The number of rotatable bonds is 5. The van der Waals surface area contributed by atoms with Gasteiger partial charge in [-0.15, -0.1) is 0 Å². The summed E-state index contributed by atoms with van der Waals surface area (Å²) in [6.45, 7) is -2.66. The number of hydrogen-bond acceptors (Lipinski definition) is 3. The minimum Gasteiger partial charge on any atom is -0.417 e. The van der Waals surface area contributed by atoms with E-state index in [0.29, 0.717) is 11.5 Å². The summed E-state index contributed by atoms with van der Waals surface area (Å²) in [6.07, 6.45) is 6.12. The number of fused-ring (bicyclic) bond motifs is 1. The molecule has 1 aromatic rings. The van der Waals surface area contributed by atoms with E-state index in [0.717, 1.165) is 12.3 Å². The summed E-state index contributed by atoms with van der Waals surface area (Å²) in [5.41, 5.74) is 0.661. The van der Waals surface area contributed by atoms with Crippen LogP contribution >= 0.6 is 0 Å². The third-order valence-corrected chi connectivity index (χ3v) is 4.62. The molecule has 7 heteroatoms. The van der Waals surface area contributed by atoms with Gasteiger partial charge < -0.3 is 15.4 Å². The van der Waals surface area contributed by atoms with E-state index in [1.807, 2.05) is 0 Å². The fourth-order valence-electron chi connectivity index (χ4n) is 3.39. The molecule has 1 heterocycles. The molecule has 3 rings (SSSR count). The van der Waals surface area contributed by atoms with Crippen LogP contribution in [0.5, 0.6) is 5.88 Å². The van der Waals surface area contributed by atoms with Gasteiger partial charge in [-0.1, -0.05) is 0 Å². The van der Waals surface area contributed by atoms with Crippen molar-refractivity contribution in [3.05, 3.63) is 23.9 Å². The van der Waals surface area contributed by atoms with E-state index >= 15 is 0 Å². The number of nitrogens with one attached hydrogen (secondary N) is 2. The van der Waals surface area contributed by atoms with Crippen LogP contribution in [0.3, 0.4) is 0 Å². The zero-order chi connectivity index (χ0) is 15.5. The molecular formula is C15H19F2N3O2. The van der Waals surface area contributed by atoms with E-state index < -0.39 is 6.61 Å². The second-order valence-corrected chi connectivity index (χ2v) is 5.89.